The molecule has 0 fully saturated rings. The number of nitro groups is 2. The minimum Gasteiger partial charge on any atom is -0.350 e. The Hall–Kier alpha value is -2.23. The maximum Gasteiger partial charge on any atom is 0.299 e. The van der Waals surface area contributed by atoms with Crippen molar-refractivity contribution < 1.29 is 9.85 Å². The van der Waals surface area contributed by atoms with Crippen LogP contribution >= 0.6 is 22.6 Å². The van der Waals surface area contributed by atoms with E-state index in [2.05, 4.69) is 27.9 Å². The van der Waals surface area contributed by atoms with Crippen molar-refractivity contribution in [2.24, 2.45) is 0 Å². The van der Waals surface area contributed by atoms with E-state index < -0.39 is 9.85 Å². The van der Waals surface area contributed by atoms with E-state index in [0.29, 0.717) is 5.69 Å². The van der Waals surface area contributed by atoms with Gasteiger partial charge in [-0.1, -0.05) is 0 Å². The number of hydrogen-bond donors (Lipinski definition) is 1. The van der Waals surface area contributed by atoms with Crippen molar-refractivity contribution >= 4 is 45.3 Å². The molecule has 7 nitrogen and oxygen atoms in total. The number of halogens is 1. The largest absolute Gasteiger partial charge is 0.350 e. The fourth-order valence-electron chi connectivity index (χ4n) is 1.80. The monoisotopic (exact) mass is 399 g/mol. The Kier molecular flexibility index (Phi) is 4.36. The molecule has 21 heavy (non-hydrogen) atoms. The van der Waals surface area contributed by atoms with Crippen LogP contribution in [0.4, 0.5) is 22.7 Å². The second kappa shape index (κ2) is 6.04. The van der Waals surface area contributed by atoms with Crippen LogP contribution in [0.3, 0.4) is 0 Å². The van der Waals surface area contributed by atoms with Gasteiger partial charge in [0.05, 0.1) is 15.9 Å². The molecule has 0 radical (unpaired) electrons. The molecule has 0 bridgehead atoms. The van der Waals surface area contributed by atoms with E-state index in [9.17, 15) is 20.2 Å². The highest BCUT2D eigenvalue weighted by molar-refractivity contribution is 14.1. The maximum atomic E-state index is 11.1. The van der Waals surface area contributed by atoms with Gasteiger partial charge in [-0.2, -0.15) is 0 Å². The molecule has 0 spiro atoms. The molecule has 0 heterocycles. The van der Waals surface area contributed by atoms with Gasteiger partial charge >= 0.3 is 0 Å². The number of anilines is 2. The highest BCUT2D eigenvalue weighted by Crippen LogP contribution is 2.32. The van der Waals surface area contributed by atoms with Crippen molar-refractivity contribution in [2.75, 3.05) is 5.32 Å². The van der Waals surface area contributed by atoms with Crippen LogP contribution in [-0.4, -0.2) is 9.85 Å². The van der Waals surface area contributed by atoms with Gasteiger partial charge in [0.25, 0.3) is 11.4 Å². The summed E-state index contributed by atoms with van der Waals surface area (Å²) in [4.78, 5) is 20.5. The van der Waals surface area contributed by atoms with Gasteiger partial charge in [-0.15, -0.1) is 0 Å². The summed E-state index contributed by atoms with van der Waals surface area (Å²) in [5, 5.41) is 24.7. The molecule has 8 heteroatoms. The molecule has 108 valence electrons. The molecule has 0 aliphatic heterocycles. The van der Waals surface area contributed by atoms with E-state index in [1.807, 2.05) is 25.1 Å². The molecule has 0 saturated carbocycles. The van der Waals surface area contributed by atoms with Crippen LogP contribution < -0.4 is 5.32 Å². The second-order valence-electron chi connectivity index (χ2n) is 4.30. The zero-order valence-corrected chi connectivity index (χ0v) is 13.0. The summed E-state index contributed by atoms with van der Waals surface area (Å²) in [6.45, 7) is 1.88. The minimum absolute atomic E-state index is 0.218. The SMILES string of the molecule is Cc1cc(I)ccc1Nc1ccc([N+](=O)[O-])cc1[N+](=O)[O-]. The smallest absolute Gasteiger partial charge is 0.299 e. The Labute approximate surface area is 133 Å². The summed E-state index contributed by atoms with van der Waals surface area (Å²) in [6.07, 6.45) is 0. The number of benzene rings is 2. The van der Waals surface area contributed by atoms with Gasteiger partial charge in [0, 0.05) is 15.3 Å². The first-order valence-corrected chi connectivity index (χ1v) is 6.92. The molecule has 0 aromatic heterocycles. The van der Waals surface area contributed by atoms with Crippen LogP contribution in [0.5, 0.6) is 0 Å². The first-order valence-electron chi connectivity index (χ1n) is 5.84. The Morgan fingerprint density at radius 3 is 2.24 bits per heavy atom. The third kappa shape index (κ3) is 3.45. The van der Waals surface area contributed by atoms with Crippen LogP contribution in [0.15, 0.2) is 36.4 Å². The number of rotatable bonds is 4. The molecular weight excluding hydrogens is 389 g/mol. The quantitative estimate of drug-likeness (QED) is 0.473. The third-order valence-corrected chi connectivity index (χ3v) is 3.52. The molecule has 0 saturated heterocycles. The van der Waals surface area contributed by atoms with Gasteiger partial charge in [-0.25, -0.2) is 0 Å². The lowest BCUT2D eigenvalue weighted by molar-refractivity contribution is -0.393. The Balaban J connectivity index is 2.44. The number of nitro benzene ring substituents is 2. The van der Waals surface area contributed by atoms with Crippen LogP contribution in [0.25, 0.3) is 0 Å². The molecule has 0 unspecified atom stereocenters. The lowest BCUT2D eigenvalue weighted by Gasteiger charge is -2.10. The highest BCUT2D eigenvalue weighted by atomic mass is 127. The lowest BCUT2D eigenvalue weighted by atomic mass is 10.2. The van der Waals surface area contributed by atoms with Crippen molar-refractivity contribution in [2.45, 2.75) is 6.92 Å². The average Bonchev–Trinajstić information content (AvgIpc) is 2.41. The molecule has 1 N–H and O–H groups in total. The van der Waals surface area contributed by atoms with Gasteiger partial charge in [-0.3, -0.25) is 20.2 Å². The maximum absolute atomic E-state index is 11.1. The molecule has 0 aliphatic rings. The summed E-state index contributed by atoms with van der Waals surface area (Å²) in [7, 11) is 0. The first-order chi connectivity index (χ1) is 9.88. The summed E-state index contributed by atoms with van der Waals surface area (Å²) in [5.41, 5.74) is 1.21. The first kappa shape index (κ1) is 15.2. The summed E-state index contributed by atoms with van der Waals surface area (Å²) in [6, 6.07) is 9.13. The molecule has 0 atom stereocenters. The van der Waals surface area contributed by atoms with Gasteiger partial charge < -0.3 is 5.32 Å². The van der Waals surface area contributed by atoms with Crippen molar-refractivity contribution in [3.8, 4) is 0 Å². The van der Waals surface area contributed by atoms with Gasteiger partial charge in [0.1, 0.15) is 5.69 Å². The Bertz CT molecular complexity index is 733. The van der Waals surface area contributed by atoms with Gasteiger partial charge in [0.2, 0.25) is 0 Å². The number of aryl methyl sites for hydroxylation is 1. The normalized spacial score (nSPS) is 10.2. The van der Waals surface area contributed by atoms with Gasteiger partial charge in [0.15, 0.2) is 0 Å². The van der Waals surface area contributed by atoms with Crippen LogP contribution in [0, 0.1) is 30.7 Å². The second-order valence-corrected chi connectivity index (χ2v) is 5.55. The number of nitrogens with zero attached hydrogens (tertiary/aromatic N) is 2. The van der Waals surface area contributed by atoms with Gasteiger partial charge in [-0.05, 0) is 59.3 Å². The molecule has 2 aromatic carbocycles. The fourth-order valence-corrected chi connectivity index (χ4v) is 2.45. The lowest BCUT2D eigenvalue weighted by Crippen LogP contribution is -2.00. The number of non-ortho nitro benzene ring substituents is 1. The van der Waals surface area contributed by atoms with E-state index in [4.69, 9.17) is 0 Å². The minimum atomic E-state index is -0.660. The fraction of sp³-hybridized carbons (Fsp3) is 0.0769. The molecule has 2 rings (SSSR count). The summed E-state index contributed by atoms with van der Waals surface area (Å²) in [5.74, 6) is 0. The van der Waals surface area contributed by atoms with Crippen molar-refractivity contribution in [1.82, 2.24) is 0 Å². The van der Waals surface area contributed by atoms with Crippen LogP contribution in [0.1, 0.15) is 5.56 Å². The van der Waals surface area contributed by atoms with E-state index in [-0.39, 0.29) is 17.1 Å². The average molecular weight is 399 g/mol. The zero-order valence-electron chi connectivity index (χ0n) is 10.9. The zero-order chi connectivity index (χ0) is 15.6. The van der Waals surface area contributed by atoms with Crippen molar-refractivity contribution in [3.63, 3.8) is 0 Å². The van der Waals surface area contributed by atoms with Crippen molar-refractivity contribution in [1.29, 1.82) is 0 Å². The van der Waals surface area contributed by atoms with E-state index >= 15 is 0 Å². The van der Waals surface area contributed by atoms with E-state index in [1.165, 1.54) is 12.1 Å². The molecular formula is C13H10IN3O4. The topological polar surface area (TPSA) is 98.3 Å². The Morgan fingerprint density at radius 1 is 1.00 bits per heavy atom. The van der Waals surface area contributed by atoms with Crippen molar-refractivity contribution in [3.05, 3.63) is 65.8 Å². The highest BCUT2D eigenvalue weighted by Gasteiger charge is 2.19. The number of hydrogen-bond acceptors (Lipinski definition) is 5. The molecule has 0 amide bonds. The standard InChI is InChI=1S/C13H10IN3O4/c1-8-6-9(14)2-4-11(8)15-12-5-3-10(16(18)19)7-13(12)17(20)21/h2-7,15H,1H3. The predicted molar refractivity (Wildman–Crippen MR) is 86.9 cm³/mol. The van der Waals surface area contributed by atoms with E-state index in [1.54, 1.807) is 0 Å². The van der Waals surface area contributed by atoms with Crippen LogP contribution in [0.2, 0.25) is 0 Å². The van der Waals surface area contributed by atoms with Crippen LogP contribution in [-0.2, 0) is 0 Å². The number of nitrogens with one attached hydrogen (secondary N) is 1. The predicted octanol–water partition coefficient (Wildman–Crippen LogP) is 4.16. The Morgan fingerprint density at radius 2 is 1.67 bits per heavy atom. The third-order valence-electron chi connectivity index (χ3n) is 2.85. The molecule has 2 aromatic rings. The summed E-state index contributed by atoms with van der Waals surface area (Å²) >= 11 is 2.17. The van der Waals surface area contributed by atoms with E-state index in [0.717, 1.165) is 15.2 Å². The molecule has 0 aliphatic carbocycles. The summed E-state index contributed by atoms with van der Waals surface area (Å²) < 4.78 is 1.05.